The van der Waals surface area contributed by atoms with Crippen LogP contribution in [0.2, 0.25) is 5.02 Å². The highest BCUT2D eigenvalue weighted by molar-refractivity contribution is 6.34. The summed E-state index contributed by atoms with van der Waals surface area (Å²) in [7, 11) is 0. The van der Waals surface area contributed by atoms with E-state index in [1.54, 1.807) is 4.90 Å². The van der Waals surface area contributed by atoms with Crippen molar-refractivity contribution in [3.8, 4) is 16.9 Å². The molecule has 4 rings (SSSR count). The Balaban J connectivity index is 1.87. The van der Waals surface area contributed by atoms with Crippen molar-refractivity contribution in [2.75, 3.05) is 23.7 Å². The van der Waals surface area contributed by atoms with Gasteiger partial charge in [-0.2, -0.15) is 4.98 Å². The Morgan fingerprint density at radius 1 is 1.24 bits per heavy atom. The maximum atomic E-state index is 15.7. The van der Waals surface area contributed by atoms with E-state index in [0.717, 1.165) is 6.07 Å². The second-order valence-electron chi connectivity index (χ2n) is 8.04. The van der Waals surface area contributed by atoms with Crippen molar-refractivity contribution in [1.29, 1.82) is 0 Å². The molecule has 2 atom stereocenters. The van der Waals surface area contributed by atoms with E-state index in [1.165, 1.54) is 24.3 Å². The number of nitrogens with zero attached hydrogens (tertiary/aromatic N) is 4. The highest BCUT2D eigenvalue weighted by Gasteiger charge is 2.34. The first kappa shape index (κ1) is 22.7. The van der Waals surface area contributed by atoms with Crippen molar-refractivity contribution in [1.82, 2.24) is 14.9 Å². The van der Waals surface area contributed by atoms with E-state index in [9.17, 15) is 14.3 Å². The smallest absolute Gasteiger partial charge is 0.246 e. The lowest BCUT2D eigenvalue weighted by atomic mass is 10.0. The number of fused-ring (bicyclic) bond motifs is 1. The molecule has 0 saturated carbocycles. The molecule has 0 bridgehead atoms. The quantitative estimate of drug-likeness (QED) is 0.555. The van der Waals surface area contributed by atoms with Gasteiger partial charge in [-0.1, -0.05) is 24.2 Å². The minimum absolute atomic E-state index is 0.114. The molecule has 1 amide bonds. The van der Waals surface area contributed by atoms with Crippen LogP contribution in [0.4, 0.5) is 20.5 Å². The zero-order valence-electron chi connectivity index (χ0n) is 18.0. The van der Waals surface area contributed by atoms with Gasteiger partial charge >= 0.3 is 0 Å². The highest BCUT2D eigenvalue weighted by Crippen LogP contribution is 2.42. The summed E-state index contributed by atoms with van der Waals surface area (Å²) in [5.41, 5.74) is 5.08. The number of hydrogen-bond donors (Lipinski definition) is 2. The van der Waals surface area contributed by atoms with E-state index in [-0.39, 0.29) is 51.0 Å². The summed E-state index contributed by atoms with van der Waals surface area (Å²) in [5.74, 6) is -2.20. The van der Waals surface area contributed by atoms with Crippen LogP contribution in [0, 0.1) is 11.6 Å². The molecule has 33 heavy (non-hydrogen) atoms. The standard InChI is InChI=1S/C23H22ClF2N5O2/c1-4-17(33)31-11(2)9-30(10-12(31)3)22-13-8-14(24)18(19-15(25)6-5-7-16(19)32)20(26)21(13)28-23(27)29-22/h4-8,11-12,32H,1,9-10H2,2-3H3,(H2,27,28,29). The molecule has 2 heterocycles. The van der Waals surface area contributed by atoms with Crippen molar-refractivity contribution in [2.45, 2.75) is 25.9 Å². The number of halogens is 3. The SMILES string of the molecule is C=CC(=O)N1C(C)CN(c2nc(N)nc3c(F)c(-c4c(O)cccc4F)c(Cl)cc23)CC1C. The van der Waals surface area contributed by atoms with Gasteiger partial charge in [0.1, 0.15) is 22.9 Å². The first-order chi connectivity index (χ1) is 15.6. The third kappa shape index (κ3) is 3.82. The number of benzene rings is 2. The second-order valence-corrected chi connectivity index (χ2v) is 8.44. The number of anilines is 2. The number of phenols is 1. The molecule has 1 fully saturated rings. The van der Waals surface area contributed by atoms with Crippen LogP contribution in [0.25, 0.3) is 22.0 Å². The molecule has 1 aliphatic heterocycles. The van der Waals surface area contributed by atoms with E-state index >= 15 is 4.39 Å². The zero-order valence-corrected chi connectivity index (χ0v) is 18.8. The molecule has 172 valence electrons. The van der Waals surface area contributed by atoms with E-state index in [4.69, 9.17) is 17.3 Å². The lowest BCUT2D eigenvalue weighted by molar-refractivity contribution is -0.130. The van der Waals surface area contributed by atoms with Crippen LogP contribution in [-0.4, -0.2) is 51.1 Å². The molecular weight excluding hydrogens is 452 g/mol. The Labute approximate surface area is 194 Å². The summed E-state index contributed by atoms with van der Waals surface area (Å²) in [4.78, 5) is 24.2. The molecule has 1 aromatic heterocycles. The number of carbonyl (C=O) groups excluding carboxylic acids is 1. The number of phenolic OH excluding ortho intramolecular Hbond substituents is 1. The molecule has 2 unspecified atom stereocenters. The first-order valence-corrected chi connectivity index (χ1v) is 10.6. The number of piperazine rings is 1. The van der Waals surface area contributed by atoms with Gasteiger partial charge < -0.3 is 20.6 Å². The Morgan fingerprint density at radius 3 is 2.52 bits per heavy atom. The minimum Gasteiger partial charge on any atom is -0.507 e. The summed E-state index contributed by atoms with van der Waals surface area (Å²) in [6.07, 6.45) is 1.27. The predicted octanol–water partition coefficient (Wildman–Crippen LogP) is 4.13. The molecule has 2 aromatic carbocycles. The van der Waals surface area contributed by atoms with Crippen LogP contribution < -0.4 is 10.6 Å². The molecule has 0 aliphatic carbocycles. The number of nitrogen functional groups attached to an aromatic ring is 1. The van der Waals surface area contributed by atoms with E-state index < -0.39 is 17.4 Å². The normalized spacial score (nSPS) is 18.6. The number of aromatic nitrogens is 2. The Morgan fingerprint density at radius 2 is 1.91 bits per heavy atom. The maximum absolute atomic E-state index is 15.7. The van der Waals surface area contributed by atoms with Gasteiger partial charge in [0.05, 0.1) is 10.6 Å². The summed E-state index contributed by atoms with van der Waals surface area (Å²) < 4.78 is 30.2. The molecular formula is C23H22ClF2N5O2. The zero-order chi connectivity index (χ0) is 24.0. The van der Waals surface area contributed by atoms with Gasteiger partial charge in [0.2, 0.25) is 11.9 Å². The number of rotatable bonds is 3. The molecule has 1 saturated heterocycles. The maximum Gasteiger partial charge on any atom is 0.246 e. The molecule has 0 radical (unpaired) electrons. The van der Waals surface area contributed by atoms with Crippen LogP contribution in [-0.2, 0) is 4.79 Å². The van der Waals surface area contributed by atoms with Crippen molar-refractivity contribution in [2.24, 2.45) is 0 Å². The number of aromatic hydroxyl groups is 1. The predicted molar refractivity (Wildman–Crippen MR) is 124 cm³/mol. The van der Waals surface area contributed by atoms with Gasteiger partial charge in [0.25, 0.3) is 0 Å². The third-order valence-electron chi connectivity index (χ3n) is 5.77. The summed E-state index contributed by atoms with van der Waals surface area (Å²) in [5, 5.41) is 10.3. The number of carbonyl (C=O) groups is 1. The van der Waals surface area contributed by atoms with Crippen LogP contribution in [0.15, 0.2) is 36.9 Å². The van der Waals surface area contributed by atoms with Crippen molar-refractivity contribution in [3.63, 3.8) is 0 Å². The monoisotopic (exact) mass is 473 g/mol. The van der Waals surface area contributed by atoms with Crippen LogP contribution in [0.1, 0.15) is 13.8 Å². The summed E-state index contributed by atoms with van der Waals surface area (Å²) in [6.45, 7) is 8.16. The van der Waals surface area contributed by atoms with E-state index in [1.807, 2.05) is 18.7 Å². The van der Waals surface area contributed by atoms with Gasteiger partial charge in [-0.25, -0.2) is 13.8 Å². The average Bonchev–Trinajstić information content (AvgIpc) is 2.75. The van der Waals surface area contributed by atoms with Gasteiger partial charge in [-0.3, -0.25) is 4.79 Å². The molecule has 3 aromatic rings. The van der Waals surface area contributed by atoms with Gasteiger partial charge in [0.15, 0.2) is 5.82 Å². The lowest BCUT2D eigenvalue weighted by Crippen LogP contribution is -2.58. The summed E-state index contributed by atoms with van der Waals surface area (Å²) in [6, 6.07) is 4.72. The van der Waals surface area contributed by atoms with Gasteiger partial charge in [-0.15, -0.1) is 0 Å². The number of hydrogen-bond acceptors (Lipinski definition) is 6. The lowest BCUT2D eigenvalue weighted by Gasteiger charge is -2.44. The fourth-order valence-electron chi connectivity index (χ4n) is 4.46. The second kappa shape index (κ2) is 8.47. The first-order valence-electron chi connectivity index (χ1n) is 10.3. The number of amides is 1. The molecule has 0 spiro atoms. The highest BCUT2D eigenvalue weighted by atomic mass is 35.5. The minimum atomic E-state index is -0.921. The van der Waals surface area contributed by atoms with Crippen molar-refractivity contribution < 1.29 is 18.7 Å². The van der Waals surface area contributed by atoms with Gasteiger partial charge in [0, 0.05) is 36.1 Å². The average molecular weight is 474 g/mol. The van der Waals surface area contributed by atoms with Crippen LogP contribution >= 0.6 is 11.6 Å². The molecule has 7 nitrogen and oxygen atoms in total. The van der Waals surface area contributed by atoms with Crippen LogP contribution in [0.3, 0.4) is 0 Å². The largest absolute Gasteiger partial charge is 0.507 e. The van der Waals surface area contributed by atoms with Gasteiger partial charge in [-0.05, 0) is 38.1 Å². The van der Waals surface area contributed by atoms with Crippen LogP contribution in [0.5, 0.6) is 5.75 Å². The van der Waals surface area contributed by atoms with Crippen molar-refractivity contribution >= 4 is 40.2 Å². The van der Waals surface area contributed by atoms with E-state index in [2.05, 4.69) is 16.5 Å². The summed E-state index contributed by atoms with van der Waals surface area (Å²) >= 11 is 6.39. The van der Waals surface area contributed by atoms with E-state index in [0.29, 0.717) is 18.9 Å². The Hall–Kier alpha value is -3.46. The number of nitrogens with two attached hydrogens (primary N) is 1. The fourth-order valence-corrected chi connectivity index (χ4v) is 4.75. The van der Waals surface area contributed by atoms with Crippen molar-refractivity contribution in [3.05, 3.63) is 53.6 Å². The topological polar surface area (TPSA) is 95.6 Å². The molecule has 3 N–H and O–H groups in total. The Bertz CT molecular complexity index is 1250. The fraction of sp³-hybridized carbons (Fsp3) is 0.261. The Kier molecular flexibility index (Phi) is 5.84. The third-order valence-corrected chi connectivity index (χ3v) is 6.07. The molecule has 10 heteroatoms. The molecule has 1 aliphatic rings.